The van der Waals surface area contributed by atoms with Gasteiger partial charge >= 0.3 is 0 Å². The van der Waals surface area contributed by atoms with Crippen LogP contribution in [0.15, 0.2) is 120 Å². The number of hydrogen-bond acceptors (Lipinski definition) is 4. The van der Waals surface area contributed by atoms with E-state index >= 15 is 4.39 Å². The summed E-state index contributed by atoms with van der Waals surface area (Å²) in [6.07, 6.45) is 0.205. The maximum Gasteiger partial charge on any atom is 0.264 e. The molecular formula is C32H32FN3O4S. The number of anilines is 1. The molecule has 41 heavy (non-hydrogen) atoms. The van der Waals surface area contributed by atoms with Gasteiger partial charge in [0.2, 0.25) is 11.8 Å². The van der Waals surface area contributed by atoms with Crippen LogP contribution in [0.4, 0.5) is 10.1 Å². The van der Waals surface area contributed by atoms with Gasteiger partial charge in [-0.3, -0.25) is 13.9 Å². The molecule has 0 aliphatic carbocycles. The summed E-state index contributed by atoms with van der Waals surface area (Å²) >= 11 is 0. The van der Waals surface area contributed by atoms with E-state index in [1.165, 1.54) is 35.2 Å². The van der Waals surface area contributed by atoms with Crippen molar-refractivity contribution in [3.63, 3.8) is 0 Å². The predicted octanol–water partition coefficient (Wildman–Crippen LogP) is 4.80. The van der Waals surface area contributed by atoms with Crippen molar-refractivity contribution >= 4 is 27.5 Å². The molecule has 4 aromatic carbocycles. The lowest BCUT2D eigenvalue weighted by Gasteiger charge is -2.33. The summed E-state index contributed by atoms with van der Waals surface area (Å²) in [5.74, 6) is -1.81. The number of sulfonamides is 1. The topological polar surface area (TPSA) is 86.8 Å². The fourth-order valence-corrected chi connectivity index (χ4v) is 5.96. The third-order valence-corrected chi connectivity index (χ3v) is 8.32. The Balaban J connectivity index is 1.78. The number of likely N-dealkylation sites (N-methyl/N-ethyl adjacent to an activating group) is 1. The van der Waals surface area contributed by atoms with E-state index in [4.69, 9.17) is 0 Å². The molecule has 7 nitrogen and oxygen atoms in total. The first-order chi connectivity index (χ1) is 19.8. The standard InChI is InChI=1S/C32H32FN3O4S/c1-2-34-32(38)30(22-25-14-6-3-7-15-25)35(23-26-16-8-4-9-17-26)31(37)24-36(29-21-13-12-20-28(29)33)41(39,40)27-18-10-5-11-19-27/h3-21,30H,2,22-24H2,1H3,(H,34,38). The van der Waals surface area contributed by atoms with Crippen LogP contribution >= 0.6 is 0 Å². The second-order valence-electron chi connectivity index (χ2n) is 9.38. The Kier molecular flexibility index (Phi) is 9.86. The van der Waals surface area contributed by atoms with Gasteiger partial charge in [-0.05, 0) is 42.3 Å². The molecule has 0 heterocycles. The summed E-state index contributed by atoms with van der Waals surface area (Å²) in [6.45, 7) is 1.47. The van der Waals surface area contributed by atoms with E-state index in [0.29, 0.717) is 6.54 Å². The fraction of sp³-hybridized carbons (Fsp3) is 0.188. The van der Waals surface area contributed by atoms with Gasteiger partial charge in [-0.1, -0.05) is 91.0 Å². The Morgan fingerprint density at radius 1 is 0.780 bits per heavy atom. The van der Waals surface area contributed by atoms with Crippen molar-refractivity contribution in [1.82, 2.24) is 10.2 Å². The molecule has 0 aliphatic rings. The number of benzene rings is 4. The number of nitrogens with one attached hydrogen (secondary N) is 1. The molecule has 0 bridgehead atoms. The third kappa shape index (κ3) is 7.37. The molecule has 0 radical (unpaired) electrons. The highest BCUT2D eigenvalue weighted by Crippen LogP contribution is 2.27. The summed E-state index contributed by atoms with van der Waals surface area (Å²) in [5, 5.41) is 2.81. The summed E-state index contributed by atoms with van der Waals surface area (Å²) in [4.78, 5) is 28.9. The van der Waals surface area contributed by atoms with E-state index < -0.39 is 34.3 Å². The Morgan fingerprint density at radius 2 is 1.32 bits per heavy atom. The zero-order valence-electron chi connectivity index (χ0n) is 22.7. The molecule has 0 aliphatic heterocycles. The summed E-state index contributed by atoms with van der Waals surface area (Å²) in [7, 11) is -4.35. The van der Waals surface area contributed by atoms with Crippen molar-refractivity contribution in [3.8, 4) is 0 Å². The smallest absolute Gasteiger partial charge is 0.264 e. The minimum absolute atomic E-state index is 0.0464. The van der Waals surface area contributed by atoms with Crippen LogP contribution in [0, 0.1) is 5.82 Å². The molecule has 0 saturated carbocycles. The monoisotopic (exact) mass is 573 g/mol. The van der Waals surface area contributed by atoms with Gasteiger partial charge in [-0.2, -0.15) is 0 Å². The third-order valence-electron chi connectivity index (χ3n) is 6.55. The number of carbonyl (C=O) groups excluding carboxylic acids is 2. The minimum atomic E-state index is -4.35. The van der Waals surface area contributed by atoms with Crippen LogP contribution in [0.25, 0.3) is 0 Å². The number of halogens is 1. The van der Waals surface area contributed by atoms with E-state index in [1.807, 2.05) is 60.7 Å². The molecular weight excluding hydrogens is 541 g/mol. The van der Waals surface area contributed by atoms with Crippen LogP contribution in [-0.4, -0.2) is 44.3 Å². The van der Waals surface area contributed by atoms with Gasteiger partial charge in [0, 0.05) is 19.5 Å². The highest BCUT2D eigenvalue weighted by atomic mass is 32.2. The molecule has 4 aromatic rings. The van der Waals surface area contributed by atoms with Crippen molar-refractivity contribution in [2.45, 2.75) is 30.8 Å². The van der Waals surface area contributed by atoms with E-state index in [1.54, 1.807) is 25.1 Å². The van der Waals surface area contributed by atoms with Crippen molar-refractivity contribution in [1.29, 1.82) is 0 Å². The maximum absolute atomic E-state index is 15.1. The van der Waals surface area contributed by atoms with E-state index in [9.17, 15) is 18.0 Å². The zero-order valence-corrected chi connectivity index (χ0v) is 23.5. The fourth-order valence-electron chi connectivity index (χ4n) is 4.51. The van der Waals surface area contributed by atoms with Crippen LogP contribution in [0.2, 0.25) is 0 Å². The zero-order chi connectivity index (χ0) is 29.2. The van der Waals surface area contributed by atoms with Gasteiger partial charge < -0.3 is 10.2 Å². The quantitative estimate of drug-likeness (QED) is 0.264. The van der Waals surface area contributed by atoms with Crippen LogP contribution < -0.4 is 9.62 Å². The SMILES string of the molecule is CCNC(=O)C(Cc1ccccc1)N(Cc1ccccc1)C(=O)CN(c1ccccc1F)S(=O)(=O)c1ccccc1. The summed E-state index contributed by atoms with van der Waals surface area (Å²) < 4.78 is 43.5. The van der Waals surface area contributed by atoms with Gasteiger partial charge in [0.15, 0.2) is 0 Å². The van der Waals surface area contributed by atoms with Crippen molar-refractivity contribution < 1.29 is 22.4 Å². The molecule has 1 unspecified atom stereocenters. The van der Waals surface area contributed by atoms with Crippen molar-refractivity contribution in [2.75, 3.05) is 17.4 Å². The molecule has 1 N–H and O–H groups in total. The molecule has 0 fully saturated rings. The van der Waals surface area contributed by atoms with Gasteiger partial charge in [-0.25, -0.2) is 12.8 Å². The number of para-hydroxylation sites is 1. The number of amides is 2. The molecule has 1 atom stereocenters. The van der Waals surface area contributed by atoms with E-state index in [2.05, 4.69) is 5.32 Å². The Labute approximate surface area is 240 Å². The second kappa shape index (κ2) is 13.7. The van der Waals surface area contributed by atoms with Gasteiger partial charge in [-0.15, -0.1) is 0 Å². The normalized spacial score (nSPS) is 11.9. The Hall–Kier alpha value is -4.50. The average molecular weight is 574 g/mol. The van der Waals surface area contributed by atoms with Crippen LogP contribution in [0.3, 0.4) is 0 Å². The highest BCUT2D eigenvalue weighted by molar-refractivity contribution is 7.92. The summed E-state index contributed by atoms with van der Waals surface area (Å²) in [5.41, 5.74) is 1.33. The van der Waals surface area contributed by atoms with Gasteiger partial charge in [0.1, 0.15) is 18.4 Å². The number of hydrogen-bond donors (Lipinski definition) is 1. The summed E-state index contributed by atoms with van der Waals surface area (Å²) in [6, 6.07) is 30.4. The molecule has 4 rings (SSSR count). The first-order valence-electron chi connectivity index (χ1n) is 13.3. The first kappa shape index (κ1) is 29.5. The molecule has 2 amide bonds. The lowest BCUT2D eigenvalue weighted by Crippen LogP contribution is -2.53. The van der Waals surface area contributed by atoms with Crippen molar-refractivity contribution in [3.05, 3.63) is 132 Å². The van der Waals surface area contributed by atoms with Crippen LogP contribution in [0.5, 0.6) is 0 Å². The number of carbonyl (C=O) groups is 2. The van der Waals surface area contributed by atoms with Gasteiger partial charge in [0.05, 0.1) is 10.6 Å². The molecule has 0 saturated heterocycles. The van der Waals surface area contributed by atoms with Crippen LogP contribution in [0.1, 0.15) is 18.1 Å². The first-order valence-corrected chi connectivity index (χ1v) is 14.7. The molecule has 0 spiro atoms. The Bertz CT molecular complexity index is 1550. The average Bonchev–Trinajstić information content (AvgIpc) is 2.99. The van der Waals surface area contributed by atoms with Crippen LogP contribution in [-0.2, 0) is 32.6 Å². The largest absolute Gasteiger partial charge is 0.355 e. The number of rotatable bonds is 12. The minimum Gasteiger partial charge on any atom is -0.355 e. The lowest BCUT2D eigenvalue weighted by molar-refractivity contribution is -0.140. The van der Waals surface area contributed by atoms with E-state index in [-0.39, 0.29) is 29.5 Å². The molecule has 212 valence electrons. The molecule has 9 heteroatoms. The Morgan fingerprint density at radius 3 is 1.90 bits per heavy atom. The highest BCUT2D eigenvalue weighted by Gasteiger charge is 2.35. The lowest BCUT2D eigenvalue weighted by atomic mass is 10.0. The van der Waals surface area contributed by atoms with Gasteiger partial charge in [0.25, 0.3) is 10.0 Å². The predicted molar refractivity (Wildman–Crippen MR) is 157 cm³/mol. The second-order valence-corrected chi connectivity index (χ2v) is 11.2. The molecule has 0 aromatic heterocycles. The maximum atomic E-state index is 15.1. The van der Waals surface area contributed by atoms with Crippen molar-refractivity contribution in [2.24, 2.45) is 0 Å². The van der Waals surface area contributed by atoms with E-state index in [0.717, 1.165) is 21.5 Å². The number of nitrogens with zero attached hydrogens (tertiary/aromatic N) is 2.